The van der Waals surface area contributed by atoms with Crippen molar-refractivity contribution in [1.82, 2.24) is 4.90 Å². The van der Waals surface area contributed by atoms with Gasteiger partial charge in [-0.2, -0.15) is 0 Å². The van der Waals surface area contributed by atoms with Gasteiger partial charge in [-0.15, -0.1) is 0 Å². The molecule has 2 nitrogen and oxygen atoms in total. The van der Waals surface area contributed by atoms with Gasteiger partial charge in [0.25, 0.3) is 0 Å². The lowest BCUT2D eigenvalue weighted by Crippen LogP contribution is -2.30. The largest absolute Gasteiger partial charge is 0.384 e. The fraction of sp³-hybridized carbons (Fsp3) is 1.00. The van der Waals surface area contributed by atoms with Gasteiger partial charge in [0.15, 0.2) is 0 Å². The fourth-order valence-electron chi connectivity index (χ4n) is 1.51. The quantitative estimate of drug-likeness (QED) is 0.611. The van der Waals surface area contributed by atoms with Gasteiger partial charge in [0, 0.05) is 19.2 Å². The minimum absolute atomic E-state index is 0.668. The van der Waals surface area contributed by atoms with Crippen molar-refractivity contribution in [1.29, 1.82) is 0 Å². The molecule has 0 N–H and O–H groups in total. The zero-order valence-electron chi connectivity index (χ0n) is 8.00. The second-order valence-electron chi connectivity index (χ2n) is 3.78. The monoisotopic (exact) mass is 157 g/mol. The van der Waals surface area contributed by atoms with E-state index in [4.69, 9.17) is 4.74 Å². The number of hydrogen-bond donors (Lipinski definition) is 0. The predicted octanol–water partition coefficient (Wildman–Crippen LogP) is 1.36. The highest BCUT2D eigenvalue weighted by molar-refractivity contribution is 4.94. The Morgan fingerprint density at radius 1 is 1.55 bits per heavy atom. The maximum absolute atomic E-state index is 5.10. The minimum Gasteiger partial charge on any atom is -0.384 e. The van der Waals surface area contributed by atoms with Crippen LogP contribution in [0.15, 0.2) is 0 Å². The summed E-state index contributed by atoms with van der Waals surface area (Å²) in [5, 5.41) is 0. The standard InChI is InChI=1S/C9H19NO/c1-7(2)10(3)9-5-8(9)6-11-4/h7-9H,5-6H2,1-4H3/t8-,9+/m1/s1. The van der Waals surface area contributed by atoms with E-state index in [1.807, 2.05) is 0 Å². The average Bonchev–Trinajstić information content (AvgIpc) is 2.67. The molecule has 1 aliphatic rings. The number of hydrogen-bond acceptors (Lipinski definition) is 2. The van der Waals surface area contributed by atoms with Crippen LogP contribution in [0.2, 0.25) is 0 Å². The lowest BCUT2D eigenvalue weighted by atomic mass is 10.3. The van der Waals surface area contributed by atoms with E-state index in [1.54, 1.807) is 7.11 Å². The molecule has 0 unspecified atom stereocenters. The Labute approximate surface area is 69.5 Å². The van der Waals surface area contributed by atoms with Crippen LogP contribution in [0.5, 0.6) is 0 Å². The molecule has 0 bridgehead atoms. The molecular weight excluding hydrogens is 138 g/mol. The van der Waals surface area contributed by atoms with Crippen LogP contribution in [0.25, 0.3) is 0 Å². The molecule has 0 saturated heterocycles. The van der Waals surface area contributed by atoms with Gasteiger partial charge in [0.2, 0.25) is 0 Å². The highest BCUT2D eigenvalue weighted by atomic mass is 16.5. The smallest absolute Gasteiger partial charge is 0.0506 e. The van der Waals surface area contributed by atoms with E-state index >= 15 is 0 Å². The first-order chi connectivity index (χ1) is 5.16. The number of methoxy groups -OCH3 is 1. The molecule has 0 aromatic carbocycles. The third kappa shape index (κ3) is 2.17. The van der Waals surface area contributed by atoms with E-state index in [-0.39, 0.29) is 0 Å². The van der Waals surface area contributed by atoms with Crippen molar-refractivity contribution in [3.05, 3.63) is 0 Å². The molecule has 0 spiro atoms. The Kier molecular flexibility index (Phi) is 2.90. The summed E-state index contributed by atoms with van der Waals surface area (Å²) in [5.74, 6) is 0.799. The molecule has 66 valence electrons. The van der Waals surface area contributed by atoms with E-state index < -0.39 is 0 Å². The van der Waals surface area contributed by atoms with Crippen LogP contribution in [-0.2, 0) is 4.74 Å². The van der Waals surface area contributed by atoms with Crippen molar-refractivity contribution >= 4 is 0 Å². The van der Waals surface area contributed by atoms with Crippen molar-refractivity contribution in [3.8, 4) is 0 Å². The first kappa shape index (κ1) is 9.01. The summed E-state index contributed by atoms with van der Waals surface area (Å²) < 4.78 is 5.10. The molecule has 1 saturated carbocycles. The maximum atomic E-state index is 5.10. The Balaban J connectivity index is 2.20. The van der Waals surface area contributed by atoms with Crippen molar-refractivity contribution in [2.24, 2.45) is 5.92 Å². The molecule has 0 aliphatic heterocycles. The third-order valence-corrected chi connectivity index (χ3v) is 2.60. The third-order valence-electron chi connectivity index (χ3n) is 2.60. The van der Waals surface area contributed by atoms with E-state index in [0.717, 1.165) is 18.6 Å². The second kappa shape index (κ2) is 3.55. The molecule has 0 radical (unpaired) electrons. The summed E-state index contributed by atoms with van der Waals surface area (Å²) >= 11 is 0. The second-order valence-corrected chi connectivity index (χ2v) is 3.78. The highest BCUT2D eigenvalue weighted by Crippen LogP contribution is 2.35. The first-order valence-electron chi connectivity index (χ1n) is 4.37. The summed E-state index contributed by atoms with van der Waals surface area (Å²) in [6.07, 6.45) is 1.32. The Morgan fingerprint density at radius 3 is 2.64 bits per heavy atom. The van der Waals surface area contributed by atoms with Gasteiger partial charge in [0.1, 0.15) is 0 Å². The van der Waals surface area contributed by atoms with Gasteiger partial charge in [0.05, 0.1) is 6.61 Å². The molecule has 0 amide bonds. The Morgan fingerprint density at radius 2 is 2.18 bits per heavy atom. The lowest BCUT2D eigenvalue weighted by Gasteiger charge is -2.20. The molecule has 0 heterocycles. The summed E-state index contributed by atoms with van der Waals surface area (Å²) in [7, 11) is 3.98. The van der Waals surface area contributed by atoms with Crippen molar-refractivity contribution in [2.75, 3.05) is 20.8 Å². The summed E-state index contributed by atoms with van der Waals surface area (Å²) in [6.45, 7) is 5.41. The average molecular weight is 157 g/mol. The van der Waals surface area contributed by atoms with E-state index in [1.165, 1.54) is 6.42 Å². The van der Waals surface area contributed by atoms with Gasteiger partial charge in [-0.1, -0.05) is 0 Å². The summed E-state index contributed by atoms with van der Waals surface area (Å²) in [4.78, 5) is 2.43. The van der Waals surface area contributed by atoms with Crippen LogP contribution in [0.3, 0.4) is 0 Å². The van der Waals surface area contributed by atoms with Gasteiger partial charge < -0.3 is 9.64 Å². The molecule has 1 rings (SSSR count). The first-order valence-corrected chi connectivity index (χ1v) is 4.37. The van der Waals surface area contributed by atoms with Crippen LogP contribution in [0.1, 0.15) is 20.3 Å². The van der Waals surface area contributed by atoms with Crippen LogP contribution in [0, 0.1) is 5.92 Å². The molecule has 1 aliphatic carbocycles. The predicted molar refractivity (Wildman–Crippen MR) is 46.7 cm³/mol. The van der Waals surface area contributed by atoms with Gasteiger partial charge >= 0.3 is 0 Å². The summed E-state index contributed by atoms with van der Waals surface area (Å²) in [5.41, 5.74) is 0. The molecule has 2 atom stereocenters. The minimum atomic E-state index is 0.668. The van der Waals surface area contributed by atoms with E-state index in [0.29, 0.717) is 6.04 Å². The normalized spacial score (nSPS) is 30.0. The fourth-order valence-corrected chi connectivity index (χ4v) is 1.51. The molecule has 0 aromatic heterocycles. The van der Waals surface area contributed by atoms with Crippen molar-refractivity contribution < 1.29 is 4.74 Å². The Bertz CT molecular complexity index is 125. The zero-order valence-corrected chi connectivity index (χ0v) is 8.00. The SMILES string of the molecule is COC[C@H]1C[C@@H]1N(C)C(C)C. The maximum Gasteiger partial charge on any atom is 0.0506 e. The van der Waals surface area contributed by atoms with Gasteiger partial charge in [-0.3, -0.25) is 0 Å². The number of ether oxygens (including phenoxy) is 1. The van der Waals surface area contributed by atoms with Crippen LogP contribution in [0.4, 0.5) is 0 Å². The van der Waals surface area contributed by atoms with E-state index in [9.17, 15) is 0 Å². The zero-order chi connectivity index (χ0) is 8.43. The topological polar surface area (TPSA) is 12.5 Å². The lowest BCUT2D eigenvalue weighted by molar-refractivity contribution is 0.164. The van der Waals surface area contributed by atoms with Gasteiger partial charge in [-0.05, 0) is 33.2 Å². The molecule has 11 heavy (non-hydrogen) atoms. The molecule has 0 aromatic rings. The van der Waals surface area contributed by atoms with Gasteiger partial charge in [-0.25, -0.2) is 0 Å². The summed E-state index contributed by atoms with van der Waals surface area (Å²) in [6, 6.07) is 1.46. The Hall–Kier alpha value is -0.0800. The van der Waals surface area contributed by atoms with E-state index in [2.05, 4.69) is 25.8 Å². The van der Waals surface area contributed by atoms with Crippen LogP contribution < -0.4 is 0 Å². The molecule has 1 fully saturated rings. The number of rotatable bonds is 4. The van der Waals surface area contributed by atoms with Crippen molar-refractivity contribution in [2.45, 2.75) is 32.4 Å². The molecule has 2 heteroatoms. The van der Waals surface area contributed by atoms with Crippen LogP contribution >= 0.6 is 0 Å². The van der Waals surface area contributed by atoms with Crippen molar-refractivity contribution in [3.63, 3.8) is 0 Å². The highest BCUT2D eigenvalue weighted by Gasteiger charge is 2.40. The molecular formula is C9H19NO. The number of nitrogens with zero attached hydrogens (tertiary/aromatic N) is 1. The van der Waals surface area contributed by atoms with Crippen LogP contribution in [-0.4, -0.2) is 37.7 Å².